The molecule has 7 nitrogen and oxygen atoms in total. The van der Waals surface area contributed by atoms with Crippen LogP contribution in [0.1, 0.15) is 37.7 Å². The molecular formula is C19H26N2O5. The molecule has 0 unspecified atom stereocenters. The van der Waals surface area contributed by atoms with Crippen LogP contribution in [0.3, 0.4) is 0 Å². The number of benzene rings is 1. The normalized spacial score (nSPS) is 14.6. The van der Waals surface area contributed by atoms with Gasteiger partial charge in [-0.3, -0.25) is 14.4 Å². The van der Waals surface area contributed by atoms with E-state index in [9.17, 15) is 14.4 Å². The number of rotatable bonds is 9. The van der Waals surface area contributed by atoms with Gasteiger partial charge in [0.1, 0.15) is 6.54 Å². The number of nitrogens with one attached hydrogen (secondary N) is 2. The lowest BCUT2D eigenvalue weighted by Crippen LogP contribution is -2.30. The minimum absolute atomic E-state index is 0.0102. The predicted molar refractivity (Wildman–Crippen MR) is 96.8 cm³/mol. The Morgan fingerprint density at radius 1 is 1.08 bits per heavy atom. The topological polar surface area (TPSA) is 105 Å². The van der Waals surface area contributed by atoms with E-state index in [4.69, 9.17) is 9.84 Å². The SMILES string of the molecule is O=C(O)CNC(=O)Cc1ccc(NC(=O)CCCC2CCOCC2)cc1. The van der Waals surface area contributed by atoms with Gasteiger partial charge < -0.3 is 20.5 Å². The molecule has 0 saturated carbocycles. The third kappa shape index (κ3) is 7.65. The van der Waals surface area contributed by atoms with Gasteiger partial charge in [-0.25, -0.2) is 0 Å². The van der Waals surface area contributed by atoms with E-state index in [0.29, 0.717) is 18.0 Å². The number of amides is 2. The first-order chi connectivity index (χ1) is 12.5. The second kappa shape index (κ2) is 10.6. The van der Waals surface area contributed by atoms with Gasteiger partial charge in [-0.05, 0) is 49.3 Å². The quantitative estimate of drug-likeness (QED) is 0.623. The zero-order valence-electron chi connectivity index (χ0n) is 14.8. The number of anilines is 1. The predicted octanol–water partition coefficient (Wildman–Crippen LogP) is 1.97. The summed E-state index contributed by atoms with van der Waals surface area (Å²) >= 11 is 0. The summed E-state index contributed by atoms with van der Waals surface area (Å²) in [5, 5.41) is 13.7. The van der Waals surface area contributed by atoms with Crippen LogP contribution in [0.5, 0.6) is 0 Å². The molecule has 1 aliphatic rings. The second-order valence-corrected chi connectivity index (χ2v) is 6.54. The van der Waals surface area contributed by atoms with Gasteiger partial charge in [-0.15, -0.1) is 0 Å². The Balaban J connectivity index is 1.67. The van der Waals surface area contributed by atoms with Gasteiger partial charge in [0.25, 0.3) is 0 Å². The maximum atomic E-state index is 12.0. The van der Waals surface area contributed by atoms with Crippen molar-refractivity contribution in [2.24, 2.45) is 5.92 Å². The Kier molecular flexibility index (Phi) is 8.08. The number of carboxylic acid groups (broad SMARTS) is 1. The van der Waals surface area contributed by atoms with E-state index in [2.05, 4.69) is 10.6 Å². The van der Waals surface area contributed by atoms with E-state index in [0.717, 1.165) is 44.5 Å². The molecule has 0 spiro atoms. The van der Waals surface area contributed by atoms with E-state index >= 15 is 0 Å². The van der Waals surface area contributed by atoms with Crippen molar-refractivity contribution in [1.82, 2.24) is 5.32 Å². The van der Waals surface area contributed by atoms with Gasteiger partial charge in [-0.2, -0.15) is 0 Å². The highest BCUT2D eigenvalue weighted by atomic mass is 16.5. The Labute approximate surface area is 153 Å². The first kappa shape index (κ1) is 19.9. The molecule has 3 N–H and O–H groups in total. The summed E-state index contributed by atoms with van der Waals surface area (Å²) in [7, 11) is 0. The second-order valence-electron chi connectivity index (χ2n) is 6.54. The van der Waals surface area contributed by atoms with Gasteiger partial charge in [0.05, 0.1) is 6.42 Å². The van der Waals surface area contributed by atoms with Crippen molar-refractivity contribution in [3.63, 3.8) is 0 Å². The minimum Gasteiger partial charge on any atom is -0.480 e. The minimum atomic E-state index is -1.08. The van der Waals surface area contributed by atoms with E-state index in [-0.39, 0.29) is 24.8 Å². The lowest BCUT2D eigenvalue weighted by molar-refractivity contribution is -0.137. The number of aliphatic carboxylic acids is 1. The van der Waals surface area contributed by atoms with Gasteiger partial charge >= 0.3 is 5.97 Å². The van der Waals surface area contributed by atoms with Gasteiger partial charge in [0.15, 0.2) is 0 Å². The fourth-order valence-corrected chi connectivity index (χ4v) is 2.94. The van der Waals surface area contributed by atoms with Crippen LogP contribution in [0, 0.1) is 5.92 Å². The van der Waals surface area contributed by atoms with Gasteiger partial charge in [0, 0.05) is 25.3 Å². The van der Waals surface area contributed by atoms with E-state index < -0.39 is 5.97 Å². The molecule has 0 bridgehead atoms. The molecule has 0 aromatic heterocycles. The number of hydrogen-bond acceptors (Lipinski definition) is 4. The summed E-state index contributed by atoms with van der Waals surface area (Å²) in [5.41, 5.74) is 1.45. The van der Waals surface area contributed by atoms with Gasteiger partial charge in [-0.1, -0.05) is 12.1 Å². The third-order valence-electron chi connectivity index (χ3n) is 4.40. The highest BCUT2D eigenvalue weighted by molar-refractivity contribution is 5.90. The molecule has 2 amide bonds. The average molecular weight is 362 g/mol. The summed E-state index contributed by atoms with van der Waals surface area (Å²) < 4.78 is 5.33. The Bertz CT molecular complexity index is 609. The van der Waals surface area contributed by atoms with Crippen molar-refractivity contribution < 1.29 is 24.2 Å². The molecule has 0 radical (unpaired) electrons. The van der Waals surface area contributed by atoms with Gasteiger partial charge in [0.2, 0.25) is 11.8 Å². The zero-order chi connectivity index (χ0) is 18.8. The van der Waals surface area contributed by atoms with Crippen LogP contribution in [0.2, 0.25) is 0 Å². The number of ether oxygens (including phenoxy) is 1. The van der Waals surface area contributed by atoms with Crippen molar-refractivity contribution in [1.29, 1.82) is 0 Å². The van der Waals surface area contributed by atoms with Crippen LogP contribution in [0.15, 0.2) is 24.3 Å². The molecule has 1 heterocycles. The van der Waals surface area contributed by atoms with E-state index in [1.54, 1.807) is 24.3 Å². The van der Waals surface area contributed by atoms with Crippen LogP contribution < -0.4 is 10.6 Å². The van der Waals surface area contributed by atoms with Crippen molar-refractivity contribution in [3.8, 4) is 0 Å². The first-order valence-electron chi connectivity index (χ1n) is 8.98. The molecule has 1 fully saturated rings. The molecule has 26 heavy (non-hydrogen) atoms. The standard InChI is InChI=1S/C19H26N2O5/c22-17(3-1-2-14-8-10-26-11-9-14)21-16-6-4-15(5-7-16)12-18(23)20-13-19(24)25/h4-7,14H,1-3,8-13H2,(H,20,23)(H,21,22)(H,24,25). The van der Waals surface area contributed by atoms with Crippen LogP contribution in [0.25, 0.3) is 0 Å². The molecule has 1 aromatic rings. The number of carbonyl (C=O) groups is 3. The summed E-state index contributed by atoms with van der Waals surface area (Å²) in [4.78, 5) is 34.0. The van der Waals surface area contributed by atoms with E-state index in [1.165, 1.54) is 0 Å². The smallest absolute Gasteiger partial charge is 0.322 e. The Morgan fingerprint density at radius 2 is 1.77 bits per heavy atom. The van der Waals surface area contributed by atoms with Crippen LogP contribution in [-0.2, 0) is 25.5 Å². The third-order valence-corrected chi connectivity index (χ3v) is 4.40. The number of hydrogen-bond donors (Lipinski definition) is 3. The van der Waals surface area contributed by atoms with E-state index in [1.807, 2.05) is 0 Å². The molecule has 142 valence electrons. The zero-order valence-corrected chi connectivity index (χ0v) is 14.8. The first-order valence-corrected chi connectivity index (χ1v) is 8.98. The molecule has 0 atom stereocenters. The average Bonchev–Trinajstić information content (AvgIpc) is 2.62. The molecule has 1 saturated heterocycles. The summed E-state index contributed by atoms with van der Waals surface area (Å²) in [6.07, 6.45) is 4.70. The fourth-order valence-electron chi connectivity index (χ4n) is 2.94. The Morgan fingerprint density at radius 3 is 2.42 bits per heavy atom. The molecular weight excluding hydrogens is 336 g/mol. The highest BCUT2D eigenvalue weighted by Gasteiger charge is 2.14. The van der Waals surface area contributed by atoms with Crippen LogP contribution in [0.4, 0.5) is 5.69 Å². The van der Waals surface area contributed by atoms with Crippen molar-refractivity contribution >= 4 is 23.5 Å². The van der Waals surface area contributed by atoms with Crippen LogP contribution in [-0.4, -0.2) is 42.6 Å². The summed E-state index contributed by atoms with van der Waals surface area (Å²) in [6.45, 7) is 1.27. The fraction of sp³-hybridized carbons (Fsp3) is 0.526. The lowest BCUT2D eigenvalue weighted by Gasteiger charge is -2.21. The maximum absolute atomic E-state index is 12.0. The van der Waals surface area contributed by atoms with Crippen molar-refractivity contribution in [3.05, 3.63) is 29.8 Å². The highest BCUT2D eigenvalue weighted by Crippen LogP contribution is 2.21. The molecule has 1 aliphatic heterocycles. The Hall–Kier alpha value is -2.41. The van der Waals surface area contributed by atoms with Crippen LogP contribution >= 0.6 is 0 Å². The monoisotopic (exact) mass is 362 g/mol. The lowest BCUT2D eigenvalue weighted by atomic mass is 9.94. The van der Waals surface area contributed by atoms with Crippen molar-refractivity contribution in [2.45, 2.75) is 38.5 Å². The molecule has 7 heteroatoms. The largest absolute Gasteiger partial charge is 0.480 e. The summed E-state index contributed by atoms with van der Waals surface area (Å²) in [6, 6.07) is 6.99. The number of carbonyl (C=O) groups excluding carboxylic acids is 2. The van der Waals surface area contributed by atoms with Crippen molar-refractivity contribution in [2.75, 3.05) is 25.1 Å². The maximum Gasteiger partial charge on any atom is 0.322 e. The molecule has 0 aliphatic carbocycles. The number of carboxylic acids is 1. The molecule has 1 aromatic carbocycles. The molecule has 2 rings (SSSR count). The summed E-state index contributed by atoms with van der Waals surface area (Å²) in [5.74, 6) is -0.766.